The molecule has 0 spiro atoms. The molecule has 6 nitrogen and oxygen atoms in total. The highest BCUT2D eigenvalue weighted by Gasteiger charge is 2.18. The van der Waals surface area contributed by atoms with Gasteiger partial charge in [-0.1, -0.05) is 19.1 Å². The quantitative estimate of drug-likeness (QED) is 0.760. The molecule has 2 aromatic carbocycles. The Balaban J connectivity index is 1.65. The van der Waals surface area contributed by atoms with Gasteiger partial charge in [-0.05, 0) is 30.3 Å². The first-order valence-electron chi connectivity index (χ1n) is 8.13. The topological polar surface area (TPSA) is 81.7 Å². The number of fused-ring (bicyclic) bond motifs is 1. The molecule has 0 bridgehead atoms. The summed E-state index contributed by atoms with van der Waals surface area (Å²) in [6, 6.07) is 11.9. The van der Waals surface area contributed by atoms with Crippen molar-refractivity contribution in [1.29, 1.82) is 0 Å². The number of hydrogen-bond donors (Lipinski definition) is 1. The minimum absolute atomic E-state index is 0.0220. The Morgan fingerprint density at radius 1 is 1.12 bits per heavy atom. The zero-order chi connectivity index (χ0) is 18.6. The van der Waals surface area contributed by atoms with E-state index in [-0.39, 0.29) is 22.3 Å². The van der Waals surface area contributed by atoms with Crippen LogP contribution in [-0.4, -0.2) is 39.0 Å². The van der Waals surface area contributed by atoms with Crippen molar-refractivity contribution in [3.05, 3.63) is 42.5 Å². The molecule has 1 N–H and O–H groups in total. The molecule has 138 valence electrons. The first-order chi connectivity index (χ1) is 12.5. The second kappa shape index (κ2) is 8.01. The average molecular weight is 393 g/mol. The van der Waals surface area contributed by atoms with Gasteiger partial charge >= 0.3 is 0 Å². The van der Waals surface area contributed by atoms with Crippen molar-refractivity contribution < 1.29 is 22.7 Å². The molecule has 1 amide bonds. The van der Waals surface area contributed by atoms with Gasteiger partial charge < -0.3 is 14.8 Å². The number of amides is 1. The van der Waals surface area contributed by atoms with Crippen LogP contribution in [0, 0.1) is 0 Å². The van der Waals surface area contributed by atoms with Crippen molar-refractivity contribution in [2.24, 2.45) is 0 Å². The largest absolute Gasteiger partial charge is 0.486 e. The van der Waals surface area contributed by atoms with E-state index in [1.54, 1.807) is 25.1 Å². The number of anilines is 1. The molecule has 1 aliphatic rings. The van der Waals surface area contributed by atoms with Crippen LogP contribution in [0.25, 0.3) is 0 Å². The zero-order valence-corrected chi connectivity index (χ0v) is 15.9. The van der Waals surface area contributed by atoms with Crippen LogP contribution in [0.15, 0.2) is 52.3 Å². The number of benzene rings is 2. The van der Waals surface area contributed by atoms with E-state index in [4.69, 9.17) is 9.47 Å². The second-order valence-corrected chi connectivity index (χ2v) is 8.84. The van der Waals surface area contributed by atoms with Crippen LogP contribution in [0.2, 0.25) is 0 Å². The molecule has 3 rings (SSSR count). The number of hydrogen-bond acceptors (Lipinski definition) is 6. The monoisotopic (exact) mass is 393 g/mol. The number of nitrogens with one attached hydrogen (secondary N) is 1. The number of carbonyl (C=O) groups excluding carboxylic acids is 1. The summed E-state index contributed by atoms with van der Waals surface area (Å²) >= 11 is 1.34. The predicted molar refractivity (Wildman–Crippen MR) is 101 cm³/mol. The number of para-hydroxylation sites is 1. The molecule has 0 aromatic heterocycles. The molecule has 1 aliphatic heterocycles. The van der Waals surface area contributed by atoms with Crippen molar-refractivity contribution in [2.75, 3.05) is 30.0 Å². The van der Waals surface area contributed by atoms with Crippen molar-refractivity contribution in [3.8, 4) is 11.5 Å². The Hall–Kier alpha value is -2.19. The number of rotatable bonds is 6. The Labute approximate surface area is 156 Å². The van der Waals surface area contributed by atoms with Crippen LogP contribution in [0.4, 0.5) is 5.69 Å². The molecule has 0 fully saturated rings. The molecular weight excluding hydrogens is 374 g/mol. The number of thioether (sulfide) groups is 1. The fourth-order valence-electron chi connectivity index (χ4n) is 2.45. The number of ether oxygens (including phenoxy) is 2. The SMILES string of the molecule is CCS(=O)(=O)c1ccccc1NC(=O)CSc1ccc2c(c1)OCCO2. The highest BCUT2D eigenvalue weighted by atomic mass is 32.2. The van der Waals surface area contributed by atoms with Crippen LogP contribution in [0.3, 0.4) is 0 Å². The van der Waals surface area contributed by atoms with Gasteiger partial charge in [0.1, 0.15) is 13.2 Å². The van der Waals surface area contributed by atoms with Crippen LogP contribution in [0.1, 0.15) is 6.92 Å². The van der Waals surface area contributed by atoms with Gasteiger partial charge in [0.15, 0.2) is 21.3 Å². The molecule has 0 atom stereocenters. The second-order valence-electron chi connectivity index (χ2n) is 5.54. The summed E-state index contributed by atoms with van der Waals surface area (Å²) < 4.78 is 35.3. The van der Waals surface area contributed by atoms with E-state index in [0.29, 0.717) is 30.4 Å². The normalized spacial score (nSPS) is 13.3. The van der Waals surface area contributed by atoms with E-state index in [1.165, 1.54) is 17.8 Å². The number of sulfone groups is 1. The first kappa shape index (κ1) is 18.6. The highest BCUT2D eigenvalue weighted by Crippen LogP contribution is 2.34. The predicted octanol–water partition coefficient (Wildman–Crippen LogP) is 2.98. The Bertz CT molecular complexity index is 912. The first-order valence-corrected chi connectivity index (χ1v) is 10.8. The minimum Gasteiger partial charge on any atom is -0.486 e. The summed E-state index contributed by atoms with van der Waals surface area (Å²) in [4.78, 5) is 13.3. The highest BCUT2D eigenvalue weighted by molar-refractivity contribution is 8.00. The third-order valence-corrected chi connectivity index (χ3v) is 6.54. The lowest BCUT2D eigenvalue weighted by atomic mass is 10.3. The van der Waals surface area contributed by atoms with Gasteiger partial charge in [-0.25, -0.2) is 8.42 Å². The van der Waals surface area contributed by atoms with Gasteiger partial charge in [-0.3, -0.25) is 4.79 Å². The summed E-state index contributed by atoms with van der Waals surface area (Å²) in [6.45, 7) is 2.61. The summed E-state index contributed by atoms with van der Waals surface area (Å²) in [6.07, 6.45) is 0. The van der Waals surface area contributed by atoms with Gasteiger partial charge in [-0.15, -0.1) is 11.8 Å². The van der Waals surface area contributed by atoms with Gasteiger partial charge in [0.25, 0.3) is 0 Å². The molecule has 0 aliphatic carbocycles. The molecule has 8 heteroatoms. The maximum Gasteiger partial charge on any atom is 0.234 e. The summed E-state index contributed by atoms with van der Waals surface area (Å²) in [5.41, 5.74) is 0.308. The van der Waals surface area contributed by atoms with Gasteiger partial charge in [0.05, 0.1) is 22.1 Å². The third-order valence-electron chi connectivity index (χ3n) is 3.76. The average Bonchev–Trinajstić information content (AvgIpc) is 2.66. The standard InChI is InChI=1S/C18H19NO5S2/c1-2-26(21,22)17-6-4-3-5-14(17)19-18(20)12-25-13-7-8-15-16(11-13)24-10-9-23-15/h3-8,11H,2,9-10,12H2,1H3,(H,19,20). The van der Waals surface area contributed by atoms with E-state index in [2.05, 4.69) is 5.32 Å². The van der Waals surface area contributed by atoms with Gasteiger partial charge in [0.2, 0.25) is 5.91 Å². The maximum absolute atomic E-state index is 12.3. The molecular formula is C18H19NO5S2. The minimum atomic E-state index is -3.40. The molecule has 26 heavy (non-hydrogen) atoms. The van der Waals surface area contributed by atoms with Crippen molar-refractivity contribution >= 4 is 33.2 Å². The van der Waals surface area contributed by atoms with E-state index in [9.17, 15) is 13.2 Å². The van der Waals surface area contributed by atoms with E-state index >= 15 is 0 Å². The van der Waals surface area contributed by atoms with E-state index < -0.39 is 9.84 Å². The van der Waals surface area contributed by atoms with E-state index in [0.717, 1.165) is 4.90 Å². The van der Waals surface area contributed by atoms with Crippen molar-refractivity contribution in [2.45, 2.75) is 16.7 Å². The van der Waals surface area contributed by atoms with Crippen LogP contribution in [-0.2, 0) is 14.6 Å². The molecule has 0 saturated heterocycles. The smallest absolute Gasteiger partial charge is 0.234 e. The van der Waals surface area contributed by atoms with Crippen LogP contribution >= 0.6 is 11.8 Å². The Kier molecular flexibility index (Phi) is 5.73. The molecule has 0 unspecified atom stereocenters. The molecule has 1 heterocycles. The molecule has 0 saturated carbocycles. The number of carbonyl (C=O) groups is 1. The Morgan fingerprint density at radius 2 is 1.85 bits per heavy atom. The molecule has 0 radical (unpaired) electrons. The summed E-state index contributed by atoms with van der Waals surface area (Å²) in [5, 5.41) is 2.69. The lowest BCUT2D eigenvalue weighted by Crippen LogP contribution is -2.17. The lowest BCUT2D eigenvalue weighted by Gasteiger charge is -2.18. The van der Waals surface area contributed by atoms with Gasteiger partial charge in [-0.2, -0.15) is 0 Å². The van der Waals surface area contributed by atoms with Gasteiger partial charge in [0, 0.05) is 4.90 Å². The molecule has 2 aromatic rings. The van der Waals surface area contributed by atoms with Crippen LogP contribution in [0.5, 0.6) is 11.5 Å². The van der Waals surface area contributed by atoms with E-state index in [1.807, 2.05) is 18.2 Å². The third kappa shape index (κ3) is 4.31. The van der Waals surface area contributed by atoms with Crippen molar-refractivity contribution in [3.63, 3.8) is 0 Å². The Morgan fingerprint density at radius 3 is 2.62 bits per heavy atom. The lowest BCUT2D eigenvalue weighted by molar-refractivity contribution is -0.113. The van der Waals surface area contributed by atoms with Crippen molar-refractivity contribution in [1.82, 2.24) is 0 Å². The summed E-state index contributed by atoms with van der Waals surface area (Å²) in [5.74, 6) is 1.22. The fraction of sp³-hybridized carbons (Fsp3) is 0.278. The fourth-order valence-corrected chi connectivity index (χ4v) is 4.22. The zero-order valence-electron chi connectivity index (χ0n) is 14.2. The summed E-state index contributed by atoms with van der Waals surface area (Å²) in [7, 11) is -3.40. The van der Waals surface area contributed by atoms with Crippen LogP contribution < -0.4 is 14.8 Å². The maximum atomic E-state index is 12.3.